The molecule has 0 aromatic heterocycles. The third kappa shape index (κ3) is 19.3. The van der Waals surface area contributed by atoms with E-state index in [0.717, 1.165) is 91.6 Å². The molecule has 0 radical (unpaired) electrons. The van der Waals surface area contributed by atoms with Crippen molar-refractivity contribution >= 4 is 0 Å². The van der Waals surface area contributed by atoms with Crippen molar-refractivity contribution in [3.05, 3.63) is 0 Å². The monoisotopic (exact) mass is 532 g/mol. The maximum absolute atomic E-state index is 5.96. The van der Waals surface area contributed by atoms with E-state index in [0.29, 0.717) is 39.3 Å². The van der Waals surface area contributed by atoms with Gasteiger partial charge in [0.05, 0.1) is 0 Å². The standard InChI is InChI=1S/C26H65N11/c1-25(2,21-31)23-36(13-7-29)16-10-33-9-15-34(11-5-27)17-18-35(12-6-28)19-20-37(14-8-30)24-26(3,4)22-32/h33H,5-24,27-32H2,1-4H3. The highest BCUT2D eigenvalue weighted by atomic mass is 15.2. The van der Waals surface area contributed by atoms with E-state index in [1.807, 2.05) is 0 Å². The number of hydrogen-bond donors (Lipinski definition) is 7. The van der Waals surface area contributed by atoms with Gasteiger partial charge in [-0.05, 0) is 23.9 Å². The zero-order valence-electron chi connectivity index (χ0n) is 24.9. The summed E-state index contributed by atoms with van der Waals surface area (Å²) in [6.45, 7) is 26.0. The van der Waals surface area contributed by atoms with Crippen LogP contribution in [0.15, 0.2) is 0 Å². The molecule has 37 heavy (non-hydrogen) atoms. The molecule has 0 aliphatic carbocycles. The average Bonchev–Trinajstić information content (AvgIpc) is 2.85. The molecule has 0 saturated heterocycles. The Hall–Kier alpha value is -0.440. The summed E-state index contributed by atoms with van der Waals surface area (Å²) in [5.74, 6) is 0. The van der Waals surface area contributed by atoms with E-state index in [2.05, 4.69) is 52.6 Å². The van der Waals surface area contributed by atoms with Gasteiger partial charge in [-0.15, -0.1) is 0 Å². The van der Waals surface area contributed by atoms with Gasteiger partial charge < -0.3 is 49.5 Å². The number of nitrogens with one attached hydrogen (secondary N) is 1. The molecule has 0 spiro atoms. The predicted octanol–water partition coefficient (Wildman–Crippen LogP) is -2.41. The minimum atomic E-state index is 0.0841. The molecule has 0 amide bonds. The Kier molecular flexibility index (Phi) is 21.1. The zero-order valence-corrected chi connectivity index (χ0v) is 24.9. The van der Waals surface area contributed by atoms with Crippen molar-refractivity contribution in [3.63, 3.8) is 0 Å². The van der Waals surface area contributed by atoms with E-state index in [-0.39, 0.29) is 10.8 Å². The minimum Gasteiger partial charge on any atom is -0.330 e. The third-order valence-corrected chi connectivity index (χ3v) is 6.86. The van der Waals surface area contributed by atoms with Crippen molar-refractivity contribution < 1.29 is 0 Å². The third-order valence-electron chi connectivity index (χ3n) is 6.86. The fourth-order valence-corrected chi connectivity index (χ4v) is 4.45. The van der Waals surface area contributed by atoms with Crippen molar-refractivity contribution in [1.29, 1.82) is 0 Å². The van der Waals surface area contributed by atoms with Crippen LogP contribution in [-0.2, 0) is 0 Å². The molecule has 0 atom stereocenters. The molecule has 0 aromatic carbocycles. The average molecular weight is 532 g/mol. The van der Waals surface area contributed by atoms with Crippen molar-refractivity contribution in [2.24, 2.45) is 45.2 Å². The van der Waals surface area contributed by atoms with Crippen LogP contribution in [0.25, 0.3) is 0 Å². The van der Waals surface area contributed by atoms with Crippen LogP contribution in [0.2, 0.25) is 0 Å². The Bertz CT molecular complexity index is 519. The van der Waals surface area contributed by atoms with E-state index >= 15 is 0 Å². The van der Waals surface area contributed by atoms with Gasteiger partial charge in [-0.25, -0.2) is 0 Å². The van der Waals surface area contributed by atoms with Crippen molar-refractivity contribution in [3.8, 4) is 0 Å². The van der Waals surface area contributed by atoms with Crippen LogP contribution in [0.4, 0.5) is 0 Å². The Balaban J connectivity index is 4.60. The first-order chi connectivity index (χ1) is 17.6. The molecule has 0 saturated carbocycles. The lowest BCUT2D eigenvalue weighted by Crippen LogP contribution is -2.47. The normalized spacial score (nSPS) is 13.1. The van der Waals surface area contributed by atoms with Crippen LogP contribution in [0.1, 0.15) is 27.7 Å². The second-order valence-corrected chi connectivity index (χ2v) is 11.9. The van der Waals surface area contributed by atoms with Gasteiger partial charge in [0.15, 0.2) is 0 Å². The van der Waals surface area contributed by atoms with E-state index in [4.69, 9.17) is 34.4 Å². The van der Waals surface area contributed by atoms with Crippen molar-refractivity contribution in [2.45, 2.75) is 27.7 Å². The molecule has 0 heterocycles. The second kappa shape index (κ2) is 21.4. The summed E-state index contributed by atoms with van der Waals surface area (Å²) in [7, 11) is 0. The van der Waals surface area contributed by atoms with Gasteiger partial charge in [0.2, 0.25) is 0 Å². The van der Waals surface area contributed by atoms with Crippen LogP contribution in [-0.4, -0.2) is 150 Å². The van der Waals surface area contributed by atoms with Gasteiger partial charge >= 0.3 is 0 Å². The maximum Gasteiger partial charge on any atom is 0.0110 e. The molecule has 0 aliphatic heterocycles. The lowest BCUT2D eigenvalue weighted by Gasteiger charge is -2.34. The number of nitrogens with two attached hydrogens (primary N) is 6. The highest BCUT2D eigenvalue weighted by Crippen LogP contribution is 2.15. The molecule has 11 heteroatoms. The molecule has 13 N–H and O–H groups in total. The molecular formula is C26H65N11. The number of nitrogens with zero attached hydrogens (tertiary/aromatic N) is 4. The molecule has 11 nitrogen and oxygen atoms in total. The van der Waals surface area contributed by atoms with Gasteiger partial charge in [0, 0.05) is 118 Å². The summed E-state index contributed by atoms with van der Waals surface area (Å²) in [4.78, 5) is 9.74. The van der Waals surface area contributed by atoms with Crippen molar-refractivity contribution in [1.82, 2.24) is 24.9 Å². The van der Waals surface area contributed by atoms with Gasteiger partial charge in [0.25, 0.3) is 0 Å². The van der Waals surface area contributed by atoms with Gasteiger partial charge in [-0.3, -0.25) is 9.80 Å². The molecule has 0 unspecified atom stereocenters. The van der Waals surface area contributed by atoms with Crippen LogP contribution < -0.4 is 39.7 Å². The lowest BCUT2D eigenvalue weighted by molar-refractivity contribution is 0.149. The van der Waals surface area contributed by atoms with Gasteiger partial charge in [-0.1, -0.05) is 27.7 Å². The molecule has 0 aliphatic rings. The summed E-state index contributed by atoms with van der Waals surface area (Å²) < 4.78 is 0. The SMILES string of the molecule is CC(C)(CN)CN(CCN)CCNCCN(CCN)CCN(CCN)CCN(CCN)CC(C)(C)CN. The highest BCUT2D eigenvalue weighted by molar-refractivity contribution is 4.77. The zero-order chi connectivity index (χ0) is 28.2. The Morgan fingerprint density at radius 1 is 0.432 bits per heavy atom. The summed E-state index contributed by atoms with van der Waals surface area (Å²) in [6.07, 6.45) is 0. The summed E-state index contributed by atoms with van der Waals surface area (Å²) >= 11 is 0. The fourth-order valence-electron chi connectivity index (χ4n) is 4.45. The molecule has 0 bridgehead atoms. The summed E-state index contributed by atoms with van der Waals surface area (Å²) in [5, 5.41) is 3.60. The number of hydrogen-bond acceptors (Lipinski definition) is 11. The molecule has 0 fully saturated rings. The fraction of sp³-hybridized carbons (Fsp3) is 1.00. The smallest absolute Gasteiger partial charge is 0.0110 e. The first-order valence-electron chi connectivity index (χ1n) is 14.4. The Labute approximate surface area is 228 Å². The minimum absolute atomic E-state index is 0.0841. The first-order valence-corrected chi connectivity index (χ1v) is 14.4. The summed E-state index contributed by atoms with van der Waals surface area (Å²) in [5.41, 5.74) is 35.6. The van der Waals surface area contributed by atoms with Gasteiger partial charge in [-0.2, -0.15) is 0 Å². The Morgan fingerprint density at radius 3 is 1.11 bits per heavy atom. The molecule has 0 aromatic rings. The van der Waals surface area contributed by atoms with Gasteiger partial charge in [0.1, 0.15) is 0 Å². The van der Waals surface area contributed by atoms with Crippen LogP contribution in [0.5, 0.6) is 0 Å². The highest BCUT2D eigenvalue weighted by Gasteiger charge is 2.21. The molecule has 224 valence electrons. The maximum atomic E-state index is 5.96. The van der Waals surface area contributed by atoms with Crippen molar-refractivity contribution in [2.75, 3.05) is 131 Å². The van der Waals surface area contributed by atoms with E-state index in [1.54, 1.807) is 0 Å². The van der Waals surface area contributed by atoms with E-state index < -0.39 is 0 Å². The van der Waals surface area contributed by atoms with Crippen LogP contribution >= 0.6 is 0 Å². The lowest BCUT2D eigenvalue weighted by atomic mass is 9.93. The van der Waals surface area contributed by atoms with E-state index in [9.17, 15) is 0 Å². The summed E-state index contributed by atoms with van der Waals surface area (Å²) in [6, 6.07) is 0. The molecular weight excluding hydrogens is 466 g/mol. The molecule has 0 rings (SSSR count). The van der Waals surface area contributed by atoms with Crippen LogP contribution in [0.3, 0.4) is 0 Å². The largest absolute Gasteiger partial charge is 0.330 e. The number of rotatable bonds is 26. The Morgan fingerprint density at radius 2 is 0.730 bits per heavy atom. The first kappa shape index (κ1) is 36.6. The van der Waals surface area contributed by atoms with E-state index in [1.165, 1.54) is 0 Å². The predicted molar refractivity (Wildman–Crippen MR) is 161 cm³/mol. The topological polar surface area (TPSA) is 181 Å². The van der Waals surface area contributed by atoms with Crippen LogP contribution in [0, 0.1) is 10.8 Å². The quantitative estimate of drug-likeness (QED) is 0.0590. The second-order valence-electron chi connectivity index (χ2n) is 11.9.